The fraction of sp³-hybridized carbons (Fsp3) is 0.316. The monoisotopic (exact) mass is 377 g/mol. The number of hydrogen-bond donors (Lipinski definition) is 2. The maximum Gasteiger partial charge on any atom is 0.412 e. The van der Waals surface area contributed by atoms with Crippen LogP contribution in [0.3, 0.4) is 0 Å². The number of amides is 1. The van der Waals surface area contributed by atoms with Crippen molar-refractivity contribution in [3.63, 3.8) is 0 Å². The summed E-state index contributed by atoms with van der Waals surface area (Å²) in [4.78, 5) is 26.1. The van der Waals surface area contributed by atoms with Crippen molar-refractivity contribution >= 4 is 18.1 Å². The van der Waals surface area contributed by atoms with Gasteiger partial charge in [-0.05, 0) is 53.1 Å². The first-order valence-electron chi connectivity index (χ1n) is 8.15. The minimum Gasteiger partial charge on any atom is -0.457 e. The molecule has 0 saturated heterocycles. The molecule has 1 amide bonds. The molecule has 0 aliphatic rings. The fourth-order valence-electron chi connectivity index (χ4n) is 1.77. The van der Waals surface area contributed by atoms with Crippen molar-refractivity contribution < 1.29 is 23.5 Å². The Kier molecular flexibility index (Phi) is 8.34. The Morgan fingerprint density at radius 1 is 1.15 bits per heavy atom. The van der Waals surface area contributed by atoms with Gasteiger partial charge in [-0.1, -0.05) is 0 Å². The van der Waals surface area contributed by atoms with Gasteiger partial charge in [-0.3, -0.25) is 15.1 Å². The van der Waals surface area contributed by atoms with E-state index >= 15 is 0 Å². The normalized spacial score (nSPS) is 10.3. The largest absolute Gasteiger partial charge is 0.457 e. The number of nitrogens with one attached hydrogen (secondary N) is 2. The Balaban J connectivity index is 0.00000114. The highest BCUT2D eigenvalue weighted by Crippen LogP contribution is 2.26. The van der Waals surface area contributed by atoms with Crippen molar-refractivity contribution in [2.24, 2.45) is 0 Å². The molecule has 0 spiro atoms. The van der Waals surface area contributed by atoms with Crippen LogP contribution in [0, 0.1) is 5.82 Å². The van der Waals surface area contributed by atoms with Gasteiger partial charge in [-0.2, -0.15) is 0 Å². The maximum atomic E-state index is 14.1. The second-order valence-electron chi connectivity index (χ2n) is 6.40. The number of aldehydes is 1. The van der Waals surface area contributed by atoms with E-state index < -0.39 is 17.5 Å². The molecule has 0 saturated carbocycles. The van der Waals surface area contributed by atoms with E-state index in [9.17, 15) is 14.0 Å². The summed E-state index contributed by atoms with van der Waals surface area (Å²) in [5.74, 6) is -0.118. The quantitative estimate of drug-likeness (QED) is 0.783. The highest BCUT2D eigenvalue weighted by atomic mass is 19.1. The number of halogens is 1. The van der Waals surface area contributed by atoms with Crippen LogP contribution in [0.4, 0.5) is 14.9 Å². The van der Waals surface area contributed by atoms with E-state index in [1.807, 2.05) is 14.1 Å². The molecule has 27 heavy (non-hydrogen) atoms. The van der Waals surface area contributed by atoms with Crippen LogP contribution in [-0.4, -0.2) is 37.1 Å². The summed E-state index contributed by atoms with van der Waals surface area (Å²) in [7, 11) is 3.75. The van der Waals surface area contributed by atoms with E-state index in [0.717, 1.165) is 6.07 Å². The van der Waals surface area contributed by atoms with Crippen molar-refractivity contribution in [2.75, 3.05) is 19.4 Å². The molecule has 0 atom stereocenters. The lowest BCUT2D eigenvalue weighted by molar-refractivity contribution is 0.0635. The molecular weight excluding hydrogens is 353 g/mol. The minimum absolute atomic E-state index is 0.0279. The molecule has 2 N–H and O–H groups in total. The predicted octanol–water partition coefficient (Wildman–Crippen LogP) is 4.01. The Morgan fingerprint density at radius 2 is 1.78 bits per heavy atom. The number of carbonyl (C=O) groups is 2. The molecular formula is C19H24FN3O4. The maximum absolute atomic E-state index is 14.1. The van der Waals surface area contributed by atoms with Gasteiger partial charge in [0.1, 0.15) is 22.8 Å². The second-order valence-corrected chi connectivity index (χ2v) is 6.40. The summed E-state index contributed by atoms with van der Waals surface area (Å²) in [6, 6.07) is 6.93. The molecule has 0 fully saturated rings. The zero-order chi connectivity index (χ0) is 20.4. The first kappa shape index (κ1) is 22.0. The molecule has 1 aromatic heterocycles. The summed E-state index contributed by atoms with van der Waals surface area (Å²) >= 11 is 0. The lowest BCUT2D eigenvalue weighted by Crippen LogP contribution is -2.27. The topological polar surface area (TPSA) is 89.6 Å². The van der Waals surface area contributed by atoms with Crippen molar-refractivity contribution in [3.05, 3.63) is 48.0 Å². The highest BCUT2D eigenvalue weighted by Gasteiger charge is 2.17. The lowest BCUT2D eigenvalue weighted by Gasteiger charge is -2.19. The number of hydrogen-bond acceptors (Lipinski definition) is 6. The lowest BCUT2D eigenvalue weighted by atomic mass is 10.2. The standard InChI is InChI=1S/C17H17FN2O4.C2H7N/c1-17(2,3)24-16(22)20-15-5-4-12(9-14(15)18)23-13-6-7-19-11(8-13)10-21;1-3-2/h4-10H,1-3H3,(H,20,22);3H,1-2H3. The number of ether oxygens (including phenoxy) is 2. The van der Waals surface area contributed by atoms with Crippen molar-refractivity contribution in [1.82, 2.24) is 10.3 Å². The summed E-state index contributed by atoms with van der Waals surface area (Å²) in [6.45, 7) is 5.13. The van der Waals surface area contributed by atoms with Crippen LogP contribution in [0.25, 0.3) is 0 Å². The van der Waals surface area contributed by atoms with E-state index in [2.05, 4.69) is 15.6 Å². The van der Waals surface area contributed by atoms with Crippen LogP contribution in [-0.2, 0) is 4.74 Å². The molecule has 146 valence electrons. The van der Waals surface area contributed by atoms with Gasteiger partial charge in [-0.15, -0.1) is 0 Å². The summed E-state index contributed by atoms with van der Waals surface area (Å²) in [5, 5.41) is 5.08. The van der Waals surface area contributed by atoms with Crippen LogP contribution in [0.2, 0.25) is 0 Å². The molecule has 7 nitrogen and oxygen atoms in total. The van der Waals surface area contributed by atoms with E-state index in [-0.39, 0.29) is 17.1 Å². The number of benzene rings is 1. The van der Waals surface area contributed by atoms with Crippen LogP contribution in [0.5, 0.6) is 11.5 Å². The molecule has 1 aromatic carbocycles. The summed E-state index contributed by atoms with van der Waals surface area (Å²) < 4.78 is 24.6. The van der Waals surface area contributed by atoms with Gasteiger partial charge in [0, 0.05) is 18.3 Å². The SMILES string of the molecule is CC(C)(C)OC(=O)Nc1ccc(Oc2ccnc(C=O)c2)cc1F.CNC. The highest BCUT2D eigenvalue weighted by molar-refractivity contribution is 5.85. The van der Waals surface area contributed by atoms with Crippen molar-refractivity contribution in [1.29, 1.82) is 0 Å². The smallest absolute Gasteiger partial charge is 0.412 e. The number of carbonyl (C=O) groups excluding carboxylic acids is 2. The molecule has 0 bridgehead atoms. The Hall–Kier alpha value is -3.00. The van der Waals surface area contributed by atoms with Crippen molar-refractivity contribution in [3.8, 4) is 11.5 Å². The number of pyridine rings is 1. The Labute approximate surface area is 157 Å². The van der Waals surface area contributed by atoms with Gasteiger partial charge in [0.25, 0.3) is 0 Å². The molecule has 0 radical (unpaired) electrons. The van der Waals surface area contributed by atoms with E-state index in [1.165, 1.54) is 30.5 Å². The van der Waals surface area contributed by atoms with Crippen LogP contribution in [0.1, 0.15) is 31.3 Å². The zero-order valence-corrected chi connectivity index (χ0v) is 16.0. The molecule has 2 rings (SSSR count). The fourth-order valence-corrected chi connectivity index (χ4v) is 1.77. The third kappa shape index (κ3) is 8.28. The molecule has 2 aromatic rings. The van der Waals surface area contributed by atoms with E-state index in [1.54, 1.807) is 20.8 Å². The van der Waals surface area contributed by atoms with Gasteiger partial charge in [0.05, 0.1) is 5.69 Å². The second kappa shape index (κ2) is 10.2. The van der Waals surface area contributed by atoms with Gasteiger partial charge < -0.3 is 14.8 Å². The molecule has 0 aliphatic heterocycles. The molecule has 0 unspecified atom stereocenters. The van der Waals surface area contributed by atoms with Crippen LogP contribution in [0.15, 0.2) is 36.5 Å². The number of anilines is 1. The zero-order valence-electron chi connectivity index (χ0n) is 16.0. The van der Waals surface area contributed by atoms with E-state index in [0.29, 0.717) is 12.0 Å². The molecule has 1 heterocycles. The van der Waals surface area contributed by atoms with Gasteiger partial charge in [0.15, 0.2) is 12.1 Å². The van der Waals surface area contributed by atoms with Gasteiger partial charge in [0.2, 0.25) is 0 Å². The average Bonchev–Trinajstić information content (AvgIpc) is 2.56. The van der Waals surface area contributed by atoms with Crippen molar-refractivity contribution in [2.45, 2.75) is 26.4 Å². The first-order chi connectivity index (χ1) is 12.7. The Morgan fingerprint density at radius 3 is 2.33 bits per heavy atom. The van der Waals surface area contributed by atoms with Crippen LogP contribution < -0.4 is 15.4 Å². The number of rotatable bonds is 4. The van der Waals surface area contributed by atoms with Gasteiger partial charge in [-0.25, -0.2) is 9.18 Å². The molecule has 0 aliphatic carbocycles. The minimum atomic E-state index is -0.750. The van der Waals surface area contributed by atoms with E-state index in [4.69, 9.17) is 9.47 Å². The summed E-state index contributed by atoms with van der Waals surface area (Å²) in [5.41, 5.74) is -0.502. The number of aromatic nitrogens is 1. The predicted molar refractivity (Wildman–Crippen MR) is 101 cm³/mol. The first-order valence-corrected chi connectivity index (χ1v) is 8.15. The average molecular weight is 377 g/mol. The third-order valence-corrected chi connectivity index (χ3v) is 2.69. The van der Waals surface area contributed by atoms with Gasteiger partial charge >= 0.3 is 6.09 Å². The number of nitrogens with zero attached hydrogens (tertiary/aromatic N) is 1. The molecule has 8 heteroatoms. The van der Waals surface area contributed by atoms with Crippen LogP contribution >= 0.6 is 0 Å². The Bertz CT molecular complexity index is 776. The summed E-state index contributed by atoms with van der Waals surface area (Å²) in [6.07, 6.45) is 1.25. The third-order valence-electron chi connectivity index (χ3n) is 2.69.